The lowest BCUT2D eigenvalue weighted by atomic mass is 9.80. The van der Waals surface area contributed by atoms with Crippen LogP contribution in [0.15, 0.2) is 0 Å². The summed E-state index contributed by atoms with van der Waals surface area (Å²) in [5, 5.41) is 0. The van der Waals surface area contributed by atoms with Crippen LogP contribution in [0.4, 0.5) is 0 Å². The minimum atomic E-state index is -0.166. The van der Waals surface area contributed by atoms with Gasteiger partial charge in [0.1, 0.15) is 11.6 Å². The summed E-state index contributed by atoms with van der Waals surface area (Å²) in [6.07, 6.45) is 14.4. The summed E-state index contributed by atoms with van der Waals surface area (Å²) in [4.78, 5) is 24.2. The van der Waals surface area contributed by atoms with Gasteiger partial charge in [0.05, 0.1) is 0 Å². The third-order valence-electron chi connectivity index (χ3n) is 4.47. The van der Waals surface area contributed by atoms with Crippen molar-refractivity contribution in [1.82, 2.24) is 0 Å². The van der Waals surface area contributed by atoms with Crippen LogP contribution < -0.4 is 0 Å². The van der Waals surface area contributed by atoms with Crippen molar-refractivity contribution in [3.63, 3.8) is 0 Å². The number of rotatable bonds is 16. The second-order valence-electron chi connectivity index (χ2n) is 7.92. The number of hydrogen-bond donors (Lipinski definition) is 0. The number of unbranched alkanes of at least 4 members (excludes halogenated alkanes) is 8. The molecule has 0 heterocycles. The van der Waals surface area contributed by atoms with Crippen LogP contribution in [0, 0.1) is 5.41 Å². The van der Waals surface area contributed by atoms with Crippen LogP contribution >= 0.6 is 0 Å². The van der Waals surface area contributed by atoms with Gasteiger partial charge in [-0.15, -0.1) is 0 Å². The van der Waals surface area contributed by atoms with Crippen molar-refractivity contribution in [3.8, 4) is 0 Å². The van der Waals surface area contributed by atoms with Crippen LogP contribution in [-0.4, -0.2) is 11.6 Å². The predicted octanol–water partition coefficient (Wildman–Crippen LogP) is 6.65. The Morgan fingerprint density at radius 2 is 0.957 bits per heavy atom. The molecule has 0 saturated heterocycles. The zero-order valence-corrected chi connectivity index (χ0v) is 16.2. The van der Waals surface area contributed by atoms with E-state index in [9.17, 15) is 9.59 Å². The molecule has 0 aliphatic carbocycles. The molecule has 0 unspecified atom stereocenters. The molecule has 0 spiro atoms. The number of hydrogen-bond acceptors (Lipinski definition) is 2. The Morgan fingerprint density at radius 1 is 0.609 bits per heavy atom. The monoisotopic (exact) mass is 324 g/mol. The van der Waals surface area contributed by atoms with Crippen molar-refractivity contribution in [2.75, 3.05) is 0 Å². The third kappa shape index (κ3) is 14.7. The molecule has 0 aliphatic rings. The van der Waals surface area contributed by atoms with E-state index in [1.165, 1.54) is 38.5 Å². The Kier molecular flexibility index (Phi) is 13.4. The molecule has 0 rings (SSSR count). The number of ketones is 2. The maximum absolute atomic E-state index is 12.1. The van der Waals surface area contributed by atoms with Crippen LogP contribution in [0.1, 0.15) is 118 Å². The normalized spacial score (nSPS) is 11.7. The van der Waals surface area contributed by atoms with E-state index in [1.807, 2.05) is 0 Å². The summed E-state index contributed by atoms with van der Waals surface area (Å²) in [7, 11) is 0. The van der Waals surface area contributed by atoms with Crippen LogP contribution in [0.2, 0.25) is 0 Å². The second kappa shape index (κ2) is 13.7. The molecule has 2 nitrogen and oxygen atoms in total. The quantitative estimate of drug-likeness (QED) is 0.298. The van der Waals surface area contributed by atoms with Gasteiger partial charge in [-0.05, 0) is 18.3 Å². The molecule has 136 valence electrons. The number of Topliss-reactive ketones (excluding diaryl/α,β-unsaturated/α-hetero) is 2. The Bertz CT molecular complexity index is 288. The van der Waals surface area contributed by atoms with Crippen LogP contribution in [0.5, 0.6) is 0 Å². The molecule has 0 aromatic rings. The summed E-state index contributed by atoms with van der Waals surface area (Å²) in [6.45, 7) is 8.54. The Hall–Kier alpha value is -0.660. The zero-order chi connectivity index (χ0) is 17.6. The maximum atomic E-state index is 12.1. The van der Waals surface area contributed by atoms with Gasteiger partial charge in [-0.3, -0.25) is 9.59 Å². The molecule has 2 heteroatoms. The van der Waals surface area contributed by atoms with Gasteiger partial charge in [-0.1, -0.05) is 79.1 Å². The summed E-state index contributed by atoms with van der Waals surface area (Å²) in [5.41, 5.74) is -0.166. The number of carbonyl (C=O) groups is 2. The first kappa shape index (κ1) is 22.3. The van der Waals surface area contributed by atoms with E-state index < -0.39 is 0 Å². The summed E-state index contributed by atoms with van der Waals surface area (Å²) < 4.78 is 0. The van der Waals surface area contributed by atoms with E-state index in [0.717, 1.165) is 25.7 Å². The molecule has 0 aromatic heterocycles. The molecular weight excluding hydrogens is 284 g/mol. The van der Waals surface area contributed by atoms with Crippen molar-refractivity contribution in [2.45, 2.75) is 118 Å². The average molecular weight is 325 g/mol. The van der Waals surface area contributed by atoms with Gasteiger partial charge in [-0.25, -0.2) is 0 Å². The topological polar surface area (TPSA) is 34.1 Å². The molecule has 0 saturated carbocycles. The summed E-state index contributed by atoms with van der Waals surface area (Å²) in [5.74, 6) is 0.671. The van der Waals surface area contributed by atoms with Crippen molar-refractivity contribution < 1.29 is 9.59 Å². The fourth-order valence-corrected chi connectivity index (χ4v) is 3.16. The minimum absolute atomic E-state index is 0.166. The highest BCUT2D eigenvalue weighted by molar-refractivity contribution is 5.82. The second-order valence-corrected chi connectivity index (χ2v) is 7.92. The molecule has 0 aromatic carbocycles. The van der Waals surface area contributed by atoms with Gasteiger partial charge in [0.2, 0.25) is 0 Å². The highest BCUT2D eigenvalue weighted by atomic mass is 16.1. The van der Waals surface area contributed by atoms with Crippen molar-refractivity contribution in [2.24, 2.45) is 5.41 Å². The lowest BCUT2D eigenvalue weighted by molar-refractivity contribution is -0.123. The van der Waals surface area contributed by atoms with Gasteiger partial charge in [0, 0.05) is 25.7 Å². The Labute approximate surface area is 144 Å². The Balaban J connectivity index is 3.83. The highest BCUT2D eigenvalue weighted by Gasteiger charge is 2.24. The molecule has 0 aliphatic heterocycles. The van der Waals surface area contributed by atoms with E-state index >= 15 is 0 Å². The van der Waals surface area contributed by atoms with E-state index in [2.05, 4.69) is 27.7 Å². The predicted molar refractivity (Wildman–Crippen MR) is 99.8 cm³/mol. The van der Waals surface area contributed by atoms with Gasteiger partial charge < -0.3 is 0 Å². The largest absolute Gasteiger partial charge is 0.300 e. The highest BCUT2D eigenvalue weighted by Crippen LogP contribution is 2.28. The van der Waals surface area contributed by atoms with E-state index in [0.29, 0.717) is 37.2 Å². The minimum Gasteiger partial charge on any atom is -0.300 e. The maximum Gasteiger partial charge on any atom is 0.133 e. The van der Waals surface area contributed by atoms with Gasteiger partial charge >= 0.3 is 0 Å². The molecular formula is C21H40O2. The number of carbonyl (C=O) groups excluding carboxylic acids is 2. The van der Waals surface area contributed by atoms with Crippen LogP contribution in [0.3, 0.4) is 0 Å². The first-order valence-corrected chi connectivity index (χ1v) is 9.94. The van der Waals surface area contributed by atoms with Crippen LogP contribution in [-0.2, 0) is 9.59 Å². The van der Waals surface area contributed by atoms with E-state index in [4.69, 9.17) is 0 Å². The fraction of sp³-hybridized carbons (Fsp3) is 0.905. The molecule has 23 heavy (non-hydrogen) atoms. The first-order chi connectivity index (χ1) is 10.9. The van der Waals surface area contributed by atoms with Crippen LogP contribution in [0.25, 0.3) is 0 Å². The SMILES string of the molecule is CCCCCCCC(=O)CC(C)(C)CC(=O)CCCCCCC. The van der Waals surface area contributed by atoms with E-state index in [-0.39, 0.29) is 5.41 Å². The molecule has 0 fully saturated rings. The smallest absolute Gasteiger partial charge is 0.133 e. The summed E-state index contributed by atoms with van der Waals surface area (Å²) in [6, 6.07) is 0. The molecule has 0 atom stereocenters. The molecule has 0 N–H and O–H groups in total. The molecule has 0 radical (unpaired) electrons. The van der Waals surface area contributed by atoms with Crippen molar-refractivity contribution >= 4 is 11.6 Å². The van der Waals surface area contributed by atoms with Gasteiger partial charge in [0.25, 0.3) is 0 Å². The third-order valence-corrected chi connectivity index (χ3v) is 4.47. The Morgan fingerprint density at radius 3 is 1.30 bits per heavy atom. The fourth-order valence-electron chi connectivity index (χ4n) is 3.16. The average Bonchev–Trinajstić information content (AvgIpc) is 2.45. The standard InChI is InChI=1S/C21H40O2/c1-5-7-9-11-13-15-19(22)17-21(3,4)18-20(23)16-14-12-10-8-6-2/h5-18H2,1-4H3. The van der Waals surface area contributed by atoms with Crippen molar-refractivity contribution in [3.05, 3.63) is 0 Å². The zero-order valence-electron chi connectivity index (χ0n) is 16.2. The summed E-state index contributed by atoms with van der Waals surface area (Å²) >= 11 is 0. The lowest BCUT2D eigenvalue weighted by Gasteiger charge is -2.23. The van der Waals surface area contributed by atoms with Crippen molar-refractivity contribution in [1.29, 1.82) is 0 Å². The molecule has 0 amide bonds. The van der Waals surface area contributed by atoms with E-state index in [1.54, 1.807) is 0 Å². The van der Waals surface area contributed by atoms with Gasteiger partial charge in [0.15, 0.2) is 0 Å². The molecule has 0 bridgehead atoms. The van der Waals surface area contributed by atoms with Gasteiger partial charge in [-0.2, -0.15) is 0 Å². The lowest BCUT2D eigenvalue weighted by Crippen LogP contribution is -2.21. The first-order valence-electron chi connectivity index (χ1n) is 9.94.